The van der Waals surface area contributed by atoms with Crippen LogP contribution in [0.1, 0.15) is 54.5 Å². The zero-order valence-corrected chi connectivity index (χ0v) is 16.5. The van der Waals surface area contributed by atoms with E-state index in [4.69, 9.17) is 0 Å². The largest absolute Gasteiger partial charge is 0.341 e. The van der Waals surface area contributed by atoms with Crippen LogP contribution in [0.3, 0.4) is 0 Å². The third-order valence-electron chi connectivity index (χ3n) is 5.75. The Balaban J connectivity index is 1.34. The Hall–Kier alpha value is -2.89. The Labute approximate surface area is 165 Å². The summed E-state index contributed by atoms with van der Waals surface area (Å²) >= 11 is 0. The lowest BCUT2D eigenvalue weighted by Crippen LogP contribution is -2.41. The van der Waals surface area contributed by atoms with Crippen molar-refractivity contribution < 1.29 is 4.79 Å². The highest BCUT2D eigenvalue weighted by Gasteiger charge is 2.28. The van der Waals surface area contributed by atoms with Crippen molar-refractivity contribution in [2.75, 3.05) is 13.1 Å². The van der Waals surface area contributed by atoms with Crippen LogP contribution in [0.15, 0.2) is 48.8 Å². The number of nitrogens with zero attached hydrogens (tertiary/aromatic N) is 4. The summed E-state index contributed by atoms with van der Waals surface area (Å²) in [5.41, 5.74) is 3.54. The standard InChI is InChI=1S/C22H27N5O/c1-16(27-13-10-23-17(27)2)22(28)26-11-8-19(9-12-26)21-15-20(24-25-21)14-18-6-4-3-5-7-18/h3-7,10,13,15-16,19H,8-9,11-12,14H2,1-2H3,(H,24,25)/t16-/m0/s1. The van der Waals surface area contributed by atoms with Crippen molar-refractivity contribution in [3.8, 4) is 0 Å². The number of piperidine rings is 1. The van der Waals surface area contributed by atoms with Gasteiger partial charge in [-0.25, -0.2) is 4.98 Å². The van der Waals surface area contributed by atoms with Gasteiger partial charge < -0.3 is 9.47 Å². The molecule has 0 aliphatic carbocycles. The van der Waals surface area contributed by atoms with Crippen LogP contribution in [0.5, 0.6) is 0 Å². The molecule has 0 unspecified atom stereocenters. The van der Waals surface area contributed by atoms with Crippen LogP contribution >= 0.6 is 0 Å². The number of H-pyrrole nitrogens is 1. The van der Waals surface area contributed by atoms with Crippen LogP contribution in [0.2, 0.25) is 0 Å². The topological polar surface area (TPSA) is 66.8 Å². The molecule has 6 heteroatoms. The highest BCUT2D eigenvalue weighted by Crippen LogP contribution is 2.28. The second kappa shape index (κ2) is 8.00. The minimum absolute atomic E-state index is 0.173. The highest BCUT2D eigenvalue weighted by atomic mass is 16.2. The summed E-state index contributed by atoms with van der Waals surface area (Å²) in [6.07, 6.45) is 6.40. The molecular weight excluding hydrogens is 350 g/mol. The molecule has 1 atom stereocenters. The average Bonchev–Trinajstić information content (AvgIpc) is 3.37. The molecule has 0 spiro atoms. The minimum Gasteiger partial charge on any atom is -0.341 e. The van der Waals surface area contributed by atoms with Crippen molar-refractivity contribution in [3.05, 3.63) is 71.6 Å². The molecule has 1 N–H and O–H groups in total. The Bertz CT molecular complexity index is 921. The van der Waals surface area contributed by atoms with Crippen molar-refractivity contribution in [3.63, 3.8) is 0 Å². The first-order chi connectivity index (χ1) is 13.6. The molecular formula is C22H27N5O. The Kier molecular flexibility index (Phi) is 5.28. The first-order valence-corrected chi connectivity index (χ1v) is 9.98. The smallest absolute Gasteiger partial charge is 0.245 e. The van der Waals surface area contributed by atoms with E-state index in [1.54, 1.807) is 6.20 Å². The predicted octanol–water partition coefficient (Wildman–Crippen LogP) is 3.47. The molecule has 1 saturated heterocycles. The molecule has 1 aliphatic rings. The summed E-state index contributed by atoms with van der Waals surface area (Å²) < 4.78 is 1.94. The summed E-state index contributed by atoms with van der Waals surface area (Å²) in [5.74, 6) is 1.46. The molecule has 146 valence electrons. The van der Waals surface area contributed by atoms with Crippen molar-refractivity contribution >= 4 is 5.91 Å². The molecule has 2 aromatic heterocycles. The van der Waals surface area contributed by atoms with Crippen LogP contribution in [0.4, 0.5) is 0 Å². The summed E-state index contributed by atoms with van der Waals surface area (Å²) in [4.78, 5) is 19.1. The van der Waals surface area contributed by atoms with Gasteiger partial charge >= 0.3 is 0 Å². The van der Waals surface area contributed by atoms with E-state index in [0.717, 1.165) is 49.6 Å². The van der Waals surface area contributed by atoms with Gasteiger partial charge in [-0.3, -0.25) is 9.89 Å². The molecule has 1 aromatic carbocycles. The van der Waals surface area contributed by atoms with Gasteiger partial charge in [0.05, 0.1) is 5.69 Å². The molecule has 1 fully saturated rings. The number of hydrogen-bond donors (Lipinski definition) is 1. The van der Waals surface area contributed by atoms with Gasteiger partial charge in [0.15, 0.2) is 0 Å². The SMILES string of the molecule is Cc1nccn1[C@@H](C)C(=O)N1CCC(c2cc(Cc3ccccc3)[nH]n2)CC1. The Morgan fingerprint density at radius 2 is 2.00 bits per heavy atom. The summed E-state index contributed by atoms with van der Waals surface area (Å²) in [6, 6.07) is 12.4. The monoisotopic (exact) mass is 377 g/mol. The number of amides is 1. The van der Waals surface area contributed by atoms with Crippen molar-refractivity contribution in [1.82, 2.24) is 24.6 Å². The maximum absolute atomic E-state index is 12.9. The Morgan fingerprint density at radius 1 is 1.25 bits per heavy atom. The number of benzene rings is 1. The minimum atomic E-state index is -0.207. The van der Waals surface area contributed by atoms with Crippen molar-refractivity contribution in [2.24, 2.45) is 0 Å². The number of imidazole rings is 1. The van der Waals surface area contributed by atoms with Gasteiger partial charge in [0.1, 0.15) is 11.9 Å². The average molecular weight is 377 g/mol. The lowest BCUT2D eigenvalue weighted by molar-refractivity contribution is -0.135. The maximum Gasteiger partial charge on any atom is 0.245 e. The number of aryl methyl sites for hydroxylation is 1. The molecule has 3 heterocycles. The number of nitrogens with one attached hydrogen (secondary N) is 1. The fourth-order valence-corrected chi connectivity index (χ4v) is 4.07. The van der Waals surface area contributed by atoms with Crippen molar-refractivity contribution in [1.29, 1.82) is 0 Å². The molecule has 0 radical (unpaired) electrons. The second-order valence-electron chi connectivity index (χ2n) is 7.64. The third kappa shape index (κ3) is 3.86. The Morgan fingerprint density at radius 3 is 2.68 bits per heavy atom. The first kappa shape index (κ1) is 18.5. The summed E-state index contributed by atoms with van der Waals surface area (Å²) in [5, 5.41) is 7.74. The molecule has 1 amide bonds. The van der Waals surface area contributed by atoms with E-state index in [-0.39, 0.29) is 11.9 Å². The number of carbonyl (C=O) groups excluding carboxylic acids is 1. The summed E-state index contributed by atoms with van der Waals surface area (Å²) in [6.45, 7) is 5.44. The normalized spacial score (nSPS) is 16.3. The number of hydrogen-bond acceptors (Lipinski definition) is 3. The van der Waals surface area contributed by atoms with E-state index in [2.05, 4.69) is 45.5 Å². The quantitative estimate of drug-likeness (QED) is 0.740. The third-order valence-corrected chi connectivity index (χ3v) is 5.75. The van der Waals surface area contributed by atoms with Crippen LogP contribution < -0.4 is 0 Å². The van der Waals surface area contributed by atoms with Crippen LogP contribution in [-0.4, -0.2) is 43.6 Å². The molecule has 0 saturated carbocycles. The number of aromatic amines is 1. The van der Waals surface area contributed by atoms with Gasteiger partial charge in [-0.2, -0.15) is 5.10 Å². The van der Waals surface area contributed by atoms with E-state index in [9.17, 15) is 4.79 Å². The number of carbonyl (C=O) groups is 1. The van der Waals surface area contributed by atoms with Gasteiger partial charge in [-0.05, 0) is 38.3 Å². The predicted molar refractivity (Wildman–Crippen MR) is 108 cm³/mol. The lowest BCUT2D eigenvalue weighted by Gasteiger charge is -2.33. The molecule has 28 heavy (non-hydrogen) atoms. The van der Waals surface area contributed by atoms with Gasteiger partial charge in [0.25, 0.3) is 0 Å². The molecule has 0 bridgehead atoms. The lowest BCUT2D eigenvalue weighted by atomic mass is 9.93. The van der Waals surface area contributed by atoms with Crippen LogP contribution in [-0.2, 0) is 11.2 Å². The van der Waals surface area contributed by atoms with Gasteiger partial charge in [-0.1, -0.05) is 30.3 Å². The van der Waals surface area contributed by atoms with E-state index in [0.29, 0.717) is 5.92 Å². The number of likely N-dealkylation sites (tertiary alicyclic amines) is 1. The van der Waals surface area contributed by atoms with Gasteiger partial charge in [-0.15, -0.1) is 0 Å². The van der Waals surface area contributed by atoms with Crippen molar-refractivity contribution in [2.45, 2.75) is 45.1 Å². The maximum atomic E-state index is 12.9. The van der Waals surface area contributed by atoms with E-state index in [1.807, 2.05) is 35.6 Å². The zero-order chi connectivity index (χ0) is 19.5. The molecule has 4 rings (SSSR count). The second-order valence-corrected chi connectivity index (χ2v) is 7.64. The first-order valence-electron chi connectivity index (χ1n) is 9.98. The van der Waals surface area contributed by atoms with E-state index in [1.165, 1.54) is 5.56 Å². The van der Waals surface area contributed by atoms with E-state index >= 15 is 0 Å². The van der Waals surface area contributed by atoms with Gasteiger partial charge in [0.2, 0.25) is 5.91 Å². The van der Waals surface area contributed by atoms with Gasteiger partial charge in [0, 0.05) is 43.5 Å². The fraction of sp³-hybridized carbons (Fsp3) is 0.409. The molecule has 3 aromatic rings. The van der Waals surface area contributed by atoms with Crippen LogP contribution in [0.25, 0.3) is 0 Å². The molecule has 6 nitrogen and oxygen atoms in total. The summed E-state index contributed by atoms with van der Waals surface area (Å²) in [7, 11) is 0. The van der Waals surface area contributed by atoms with Crippen LogP contribution in [0, 0.1) is 6.92 Å². The zero-order valence-electron chi connectivity index (χ0n) is 16.5. The molecule has 1 aliphatic heterocycles. The highest BCUT2D eigenvalue weighted by molar-refractivity contribution is 5.80. The van der Waals surface area contributed by atoms with E-state index < -0.39 is 0 Å². The number of aromatic nitrogens is 4. The fourth-order valence-electron chi connectivity index (χ4n) is 4.07. The number of rotatable bonds is 5.